The lowest BCUT2D eigenvalue weighted by molar-refractivity contribution is -0.113. The number of amides is 1. The van der Waals surface area contributed by atoms with Crippen molar-refractivity contribution < 1.29 is 14.1 Å². The number of hydrogen-bond donors (Lipinski definition) is 1. The Hall–Kier alpha value is -2.65. The molecule has 0 bridgehead atoms. The zero-order valence-corrected chi connectivity index (χ0v) is 16.2. The number of carbonyl (C=O) groups excluding carboxylic acids is 1. The first-order valence-electron chi connectivity index (χ1n) is 9.07. The highest BCUT2D eigenvalue weighted by molar-refractivity contribution is 7.99. The summed E-state index contributed by atoms with van der Waals surface area (Å²) in [5, 5.41) is 7.49. The number of nitrogens with zero attached hydrogens (tertiary/aromatic N) is 3. The number of rotatable bonds is 6. The van der Waals surface area contributed by atoms with Crippen LogP contribution >= 0.6 is 11.8 Å². The second-order valence-corrected chi connectivity index (χ2v) is 7.56. The van der Waals surface area contributed by atoms with Crippen molar-refractivity contribution in [2.24, 2.45) is 0 Å². The van der Waals surface area contributed by atoms with Gasteiger partial charge in [0.25, 0.3) is 5.56 Å². The largest absolute Gasteiger partial charge is 0.376 e. The molecule has 3 aromatic rings. The molecule has 4 rings (SSSR count). The molecule has 8 nitrogen and oxygen atoms in total. The smallest absolute Gasteiger partial charge is 0.262 e. The summed E-state index contributed by atoms with van der Waals surface area (Å²) in [6.45, 7) is 2.89. The Morgan fingerprint density at radius 2 is 2.25 bits per heavy atom. The fraction of sp³-hybridized carbons (Fsp3) is 0.368. The van der Waals surface area contributed by atoms with Gasteiger partial charge in [-0.05, 0) is 31.9 Å². The van der Waals surface area contributed by atoms with Gasteiger partial charge in [-0.1, -0.05) is 29.1 Å². The fourth-order valence-electron chi connectivity index (χ4n) is 3.15. The van der Waals surface area contributed by atoms with Crippen LogP contribution in [0.4, 0.5) is 5.82 Å². The van der Waals surface area contributed by atoms with Crippen molar-refractivity contribution in [3.63, 3.8) is 0 Å². The first-order chi connectivity index (χ1) is 13.6. The van der Waals surface area contributed by atoms with Crippen LogP contribution in [0.25, 0.3) is 10.9 Å². The number of para-hydroxylation sites is 1. The monoisotopic (exact) mass is 400 g/mol. The predicted molar refractivity (Wildman–Crippen MR) is 106 cm³/mol. The summed E-state index contributed by atoms with van der Waals surface area (Å²) in [4.78, 5) is 29.9. The van der Waals surface area contributed by atoms with E-state index in [2.05, 4.69) is 15.5 Å². The molecule has 0 spiro atoms. The maximum Gasteiger partial charge on any atom is 0.262 e. The second kappa shape index (κ2) is 8.15. The molecule has 3 heterocycles. The summed E-state index contributed by atoms with van der Waals surface area (Å²) in [5.74, 6) is 0.836. The summed E-state index contributed by atoms with van der Waals surface area (Å²) >= 11 is 1.22. The van der Waals surface area contributed by atoms with E-state index in [9.17, 15) is 9.59 Å². The first kappa shape index (κ1) is 18.7. The van der Waals surface area contributed by atoms with E-state index in [4.69, 9.17) is 9.26 Å². The minimum atomic E-state index is -0.246. The highest BCUT2D eigenvalue weighted by atomic mass is 32.2. The molecule has 0 radical (unpaired) electrons. The number of benzene rings is 1. The van der Waals surface area contributed by atoms with Crippen molar-refractivity contribution in [3.8, 4) is 0 Å². The molecule has 28 heavy (non-hydrogen) atoms. The van der Waals surface area contributed by atoms with Crippen molar-refractivity contribution in [1.29, 1.82) is 0 Å². The molecule has 1 aliphatic rings. The quantitative estimate of drug-likeness (QED) is 0.501. The van der Waals surface area contributed by atoms with Crippen molar-refractivity contribution in [1.82, 2.24) is 14.7 Å². The number of carbonyl (C=O) groups is 1. The van der Waals surface area contributed by atoms with Crippen molar-refractivity contribution >= 4 is 34.4 Å². The van der Waals surface area contributed by atoms with Crippen LogP contribution in [0.5, 0.6) is 0 Å². The third kappa shape index (κ3) is 4.10. The standard InChI is InChI=1S/C19H20N4O4S/c1-12-9-16(22-27-12)21-17(24)11-28-19-20-15-7-3-2-6-14(15)18(25)23(19)10-13-5-4-8-26-13/h2-3,6-7,9,13H,4-5,8,10-11H2,1H3,(H,21,22,24). The SMILES string of the molecule is Cc1cc(NC(=O)CSc2nc3ccccc3c(=O)n2CC2CCCO2)no1. The summed E-state index contributed by atoms with van der Waals surface area (Å²) < 4.78 is 12.3. The number of nitrogens with one attached hydrogen (secondary N) is 1. The first-order valence-corrected chi connectivity index (χ1v) is 10.1. The van der Waals surface area contributed by atoms with Crippen LogP contribution < -0.4 is 10.9 Å². The van der Waals surface area contributed by atoms with E-state index in [0.29, 0.717) is 40.8 Å². The molecule has 1 saturated heterocycles. The van der Waals surface area contributed by atoms with E-state index < -0.39 is 0 Å². The molecule has 1 N–H and O–H groups in total. The van der Waals surface area contributed by atoms with Crippen LogP contribution in [-0.4, -0.2) is 39.1 Å². The minimum absolute atomic E-state index is 0.00746. The molecule has 9 heteroatoms. The van der Waals surface area contributed by atoms with E-state index in [0.717, 1.165) is 12.8 Å². The van der Waals surface area contributed by atoms with E-state index in [1.54, 1.807) is 29.7 Å². The van der Waals surface area contributed by atoms with Crippen LogP contribution in [0, 0.1) is 6.92 Å². The van der Waals surface area contributed by atoms with Gasteiger partial charge in [0.1, 0.15) is 5.76 Å². The van der Waals surface area contributed by atoms with Gasteiger partial charge in [0.2, 0.25) is 5.91 Å². The average Bonchev–Trinajstić information content (AvgIpc) is 3.34. The van der Waals surface area contributed by atoms with Gasteiger partial charge < -0.3 is 14.6 Å². The molecule has 1 aromatic carbocycles. The van der Waals surface area contributed by atoms with Gasteiger partial charge in [-0.25, -0.2) is 4.98 Å². The summed E-state index contributed by atoms with van der Waals surface area (Å²) in [5.41, 5.74) is 0.502. The zero-order valence-electron chi connectivity index (χ0n) is 15.4. The molecule has 0 aliphatic carbocycles. The predicted octanol–water partition coefficient (Wildman–Crippen LogP) is 2.60. The van der Waals surface area contributed by atoms with E-state index in [1.807, 2.05) is 12.1 Å². The van der Waals surface area contributed by atoms with Gasteiger partial charge in [-0.3, -0.25) is 14.2 Å². The van der Waals surface area contributed by atoms with Gasteiger partial charge in [0.05, 0.1) is 29.3 Å². The van der Waals surface area contributed by atoms with Crippen LogP contribution in [-0.2, 0) is 16.1 Å². The van der Waals surface area contributed by atoms with Crippen molar-refractivity contribution in [2.45, 2.75) is 37.6 Å². The van der Waals surface area contributed by atoms with E-state index >= 15 is 0 Å². The van der Waals surface area contributed by atoms with Crippen molar-refractivity contribution in [3.05, 3.63) is 46.4 Å². The number of fused-ring (bicyclic) bond motifs is 1. The Morgan fingerprint density at radius 1 is 1.39 bits per heavy atom. The molecule has 0 saturated carbocycles. The summed E-state index contributed by atoms with van der Waals surface area (Å²) in [6, 6.07) is 8.87. The fourth-order valence-corrected chi connectivity index (χ4v) is 3.95. The summed E-state index contributed by atoms with van der Waals surface area (Å²) in [7, 11) is 0. The van der Waals surface area contributed by atoms with E-state index in [-0.39, 0.29) is 23.3 Å². The Kier molecular flexibility index (Phi) is 5.45. The lowest BCUT2D eigenvalue weighted by Gasteiger charge is -2.16. The van der Waals surface area contributed by atoms with Gasteiger partial charge in [-0.15, -0.1) is 0 Å². The molecule has 2 aromatic heterocycles. The molecule has 1 fully saturated rings. The van der Waals surface area contributed by atoms with Crippen LogP contribution in [0.15, 0.2) is 44.8 Å². The third-order valence-corrected chi connectivity index (χ3v) is 5.44. The number of aromatic nitrogens is 3. The molecule has 1 unspecified atom stereocenters. The number of hydrogen-bond acceptors (Lipinski definition) is 7. The topological polar surface area (TPSA) is 99.2 Å². The minimum Gasteiger partial charge on any atom is -0.376 e. The molecular formula is C19H20N4O4S. The number of thioether (sulfide) groups is 1. The highest BCUT2D eigenvalue weighted by Gasteiger charge is 2.20. The lowest BCUT2D eigenvalue weighted by atomic mass is 10.2. The summed E-state index contributed by atoms with van der Waals surface area (Å²) in [6.07, 6.45) is 1.89. The van der Waals surface area contributed by atoms with Gasteiger partial charge in [-0.2, -0.15) is 0 Å². The molecule has 1 aliphatic heterocycles. The number of anilines is 1. The Balaban J connectivity index is 1.57. The molecule has 1 amide bonds. The normalized spacial score (nSPS) is 16.5. The lowest BCUT2D eigenvalue weighted by Crippen LogP contribution is -2.29. The zero-order chi connectivity index (χ0) is 19.5. The van der Waals surface area contributed by atoms with Crippen molar-refractivity contribution in [2.75, 3.05) is 17.7 Å². The number of aryl methyl sites for hydroxylation is 1. The maximum absolute atomic E-state index is 13.0. The molecular weight excluding hydrogens is 380 g/mol. The number of ether oxygens (including phenoxy) is 1. The molecule has 1 atom stereocenters. The Morgan fingerprint density at radius 3 is 3.00 bits per heavy atom. The highest BCUT2D eigenvalue weighted by Crippen LogP contribution is 2.21. The molecule has 146 valence electrons. The second-order valence-electron chi connectivity index (χ2n) is 6.62. The van der Waals surface area contributed by atoms with Gasteiger partial charge in [0.15, 0.2) is 11.0 Å². The Labute approximate surface area is 165 Å². The maximum atomic E-state index is 13.0. The van der Waals surface area contributed by atoms with E-state index in [1.165, 1.54) is 11.8 Å². The van der Waals surface area contributed by atoms with Crippen LogP contribution in [0.3, 0.4) is 0 Å². The Bertz CT molecular complexity index is 1060. The van der Waals surface area contributed by atoms with Crippen LogP contribution in [0.2, 0.25) is 0 Å². The third-order valence-electron chi connectivity index (χ3n) is 4.46. The van der Waals surface area contributed by atoms with Gasteiger partial charge >= 0.3 is 0 Å². The average molecular weight is 400 g/mol. The van der Waals surface area contributed by atoms with Crippen LogP contribution in [0.1, 0.15) is 18.6 Å². The van der Waals surface area contributed by atoms with Gasteiger partial charge in [0, 0.05) is 12.7 Å².